The molecule has 2 aliphatic rings. The number of nitrogens with zero attached hydrogens (tertiary/aromatic N) is 2. The molecule has 5 heteroatoms. The van der Waals surface area contributed by atoms with Crippen LogP contribution in [0.3, 0.4) is 0 Å². The van der Waals surface area contributed by atoms with E-state index >= 15 is 0 Å². The van der Waals surface area contributed by atoms with E-state index in [-0.39, 0.29) is 18.1 Å². The molecule has 0 spiro atoms. The van der Waals surface area contributed by atoms with Crippen LogP contribution in [0.15, 0.2) is 48.7 Å². The molecule has 1 amide bonds. The standard InChI is InChI=1S/C20H22N2O3/c23-20(22-12-13-24-18-9-5-4-8-17(18)22)15-10-11-19(21-14-15)25-16-6-2-1-3-7-16/h1-3,6-7,10-11,14,17-18H,4-5,8-9,12-13H2. The van der Waals surface area contributed by atoms with Crippen molar-refractivity contribution in [2.45, 2.75) is 37.8 Å². The van der Waals surface area contributed by atoms with Gasteiger partial charge in [0.25, 0.3) is 5.91 Å². The predicted octanol–water partition coefficient (Wildman–Crippen LogP) is 3.66. The van der Waals surface area contributed by atoms with Gasteiger partial charge in [0.2, 0.25) is 5.88 Å². The number of para-hydroxylation sites is 1. The highest BCUT2D eigenvalue weighted by atomic mass is 16.5. The van der Waals surface area contributed by atoms with Crippen LogP contribution >= 0.6 is 0 Å². The Labute approximate surface area is 147 Å². The van der Waals surface area contributed by atoms with Gasteiger partial charge in [0.1, 0.15) is 5.75 Å². The Bertz CT molecular complexity index is 715. The topological polar surface area (TPSA) is 51.7 Å². The Hall–Kier alpha value is -2.40. The minimum Gasteiger partial charge on any atom is -0.439 e. The first-order valence-corrected chi connectivity index (χ1v) is 8.93. The number of benzene rings is 1. The van der Waals surface area contributed by atoms with Gasteiger partial charge in [-0.2, -0.15) is 0 Å². The van der Waals surface area contributed by atoms with E-state index < -0.39 is 0 Å². The molecule has 1 saturated carbocycles. The summed E-state index contributed by atoms with van der Waals surface area (Å²) in [5, 5.41) is 0. The molecule has 1 aliphatic heterocycles. The minimum absolute atomic E-state index is 0.0407. The summed E-state index contributed by atoms with van der Waals surface area (Å²) in [6, 6.07) is 13.2. The van der Waals surface area contributed by atoms with E-state index in [0.717, 1.165) is 25.0 Å². The third kappa shape index (κ3) is 3.51. The van der Waals surface area contributed by atoms with Crippen molar-refractivity contribution in [2.24, 2.45) is 0 Å². The molecule has 130 valence electrons. The fraction of sp³-hybridized carbons (Fsp3) is 0.400. The Morgan fingerprint density at radius 1 is 1.12 bits per heavy atom. The Morgan fingerprint density at radius 2 is 1.96 bits per heavy atom. The van der Waals surface area contributed by atoms with Crippen molar-refractivity contribution in [3.8, 4) is 11.6 Å². The maximum absolute atomic E-state index is 12.9. The van der Waals surface area contributed by atoms with Gasteiger partial charge < -0.3 is 14.4 Å². The summed E-state index contributed by atoms with van der Waals surface area (Å²) < 4.78 is 11.5. The number of morpholine rings is 1. The van der Waals surface area contributed by atoms with Crippen LogP contribution < -0.4 is 4.74 Å². The molecule has 1 aliphatic carbocycles. The van der Waals surface area contributed by atoms with Crippen molar-refractivity contribution in [3.63, 3.8) is 0 Å². The Morgan fingerprint density at radius 3 is 2.76 bits per heavy atom. The fourth-order valence-corrected chi connectivity index (χ4v) is 3.69. The molecule has 2 heterocycles. The SMILES string of the molecule is O=C(c1ccc(Oc2ccccc2)nc1)N1CCOC2CCCCC21. The van der Waals surface area contributed by atoms with E-state index in [4.69, 9.17) is 9.47 Å². The second-order valence-corrected chi connectivity index (χ2v) is 6.56. The van der Waals surface area contributed by atoms with Crippen LogP contribution in [-0.4, -0.2) is 41.1 Å². The number of aromatic nitrogens is 1. The van der Waals surface area contributed by atoms with Crippen molar-refractivity contribution in [2.75, 3.05) is 13.2 Å². The smallest absolute Gasteiger partial charge is 0.255 e. The summed E-state index contributed by atoms with van der Waals surface area (Å²) >= 11 is 0. The van der Waals surface area contributed by atoms with Crippen LogP contribution in [0.1, 0.15) is 36.0 Å². The van der Waals surface area contributed by atoms with Gasteiger partial charge in [0.15, 0.2) is 0 Å². The number of carbonyl (C=O) groups is 1. The van der Waals surface area contributed by atoms with E-state index in [1.807, 2.05) is 35.2 Å². The van der Waals surface area contributed by atoms with Crippen molar-refractivity contribution in [1.82, 2.24) is 9.88 Å². The second kappa shape index (κ2) is 7.23. The number of amides is 1. The first-order valence-electron chi connectivity index (χ1n) is 8.93. The molecule has 2 fully saturated rings. The molecule has 2 aromatic rings. The van der Waals surface area contributed by atoms with Gasteiger partial charge in [0.05, 0.1) is 24.3 Å². The van der Waals surface area contributed by atoms with Crippen LogP contribution in [0.25, 0.3) is 0 Å². The van der Waals surface area contributed by atoms with Gasteiger partial charge in [-0.25, -0.2) is 4.98 Å². The predicted molar refractivity (Wildman–Crippen MR) is 93.8 cm³/mol. The van der Waals surface area contributed by atoms with Crippen molar-refractivity contribution in [1.29, 1.82) is 0 Å². The molecule has 5 nitrogen and oxygen atoms in total. The fourth-order valence-electron chi connectivity index (χ4n) is 3.69. The average Bonchev–Trinajstić information content (AvgIpc) is 2.68. The molecule has 25 heavy (non-hydrogen) atoms. The zero-order valence-corrected chi connectivity index (χ0v) is 14.1. The van der Waals surface area contributed by atoms with Crippen molar-refractivity contribution >= 4 is 5.91 Å². The summed E-state index contributed by atoms with van der Waals surface area (Å²) in [7, 11) is 0. The third-order valence-electron chi connectivity index (χ3n) is 4.94. The minimum atomic E-state index is 0.0407. The zero-order chi connectivity index (χ0) is 17.1. The summed E-state index contributed by atoms with van der Waals surface area (Å²) in [6.45, 7) is 1.28. The zero-order valence-electron chi connectivity index (χ0n) is 14.1. The highest BCUT2D eigenvalue weighted by molar-refractivity contribution is 5.94. The maximum Gasteiger partial charge on any atom is 0.255 e. The van der Waals surface area contributed by atoms with Gasteiger partial charge in [-0.3, -0.25) is 4.79 Å². The lowest BCUT2D eigenvalue weighted by Crippen LogP contribution is -2.54. The lowest BCUT2D eigenvalue weighted by Gasteiger charge is -2.43. The highest BCUT2D eigenvalue weighted by Crippen LogP contribution is 2.29. The lowest BCUT2D eigenvalue weighted by atomic mass is 9.90. The molecule has 0 radical (unpaired) electrons. The van der Waals surface area contributed by atoms with E-state index in [2.05, 4.69) is 4.98 Å². The Kier molecular flexibility index (Phi) is 4.65. The van der Waals surface area contributed by atoms with E-state index in [1.165, 1.54) is 6.42 Å². The van der Waals surface area contributed by atoms with Gasteiger partial charge >= 0.3 is 0 Å². The normalized spacial score (nSPS) is 23.0. The third-order valence-corrected chi connectivity index (χ3v) is 4.94. The van der Waals surface area contributed by atoms with Gasteiger partial charge in [-0.05, 0) is 31.0 Å². The number of hydrogen-bond donors (Lipinski definition) is 0. The molecule has 0 bridgehead atoms. The average molecular weight is 338 g/mol. The number of hydrogen-bond acceptors (Lipinski definition) is 4. The Balaban J connectivity index is 1.46. The van der Waals surface area contributed by atoms with Crippen LogP contribution in [-0.2, 0) is 4.74 Å². The van der Waals surface area contributed by atoms with Gasteiger partial charge in [0, 0.05) is 18.8 Å². The number of ether oxygens (including phenoxy) is 2. The lowest BCUT2D eigenvalue weighted by molar-refractivity contribution is -0.0752. The summed E-state index contributed by atoms with van der Waals surface area (Å²) in [5.41, 5.74) is 0.603. The molecule has 1 aromatic heterocycles. The van der Waals surface area contributed by atoms with E-state index in [0.29, 0.717) is 24.6 Å². The van der Waals surface area contributed by atoms with Crippen molar-refractivity contribution < 1.29 is 14.3 Å². The molecule has 1 saturated heterocycles. The molecular formula is C20H22N2O3. The van der Waals surface area contributed by atoms with E-state index in [1.54, 1.807) is 18.3 Å². The first kappa shape index (κ1) is 16.1. The number of carbonyl (C=O) groups excluding carboxylic acids is 1. The maximum atomic E-state index is 12.9. The number of pyridine rings is 1. The number of fused-ring (bicyclic) bond motifs is 1. The first-order chi connectivity index (χ1) is 12.3. The molecule has 1 aromatic carbocycles. The second-order valence-electron chi connectivity index (χ2n) is 6.56. The summed E-state index contributed by atoms with van der Waals surface area (Å²) in [5.74, 6) is 1.26. The van der Waals surface area contributed by atoms with Gasteiger partial charge in [-0.15, -0.1) is 0 Å². The quantitative estimate of drug-likeness (QED) is 0.857. The largest absolute Gasteiger partial charge is 0.439 e. The van der Waals surface area contributed by atoms with Crippen LogP contribution in [0.5, 0.6) is 11.6 Å². The van der Waals surface area contributed by atoms with Crippen LogP contribution in [0.4, 0.5) is 0 Å². The molecule has 0 N–H and O–H groups in total. The summed E-state index contributed by atoms with van der Waals surface area (Å²) in [4.78, 5) is 19.2. The monoisotopic (exact) mass is 338 g/mol. The summed E-state index contributed by atoms with van der Waals surface area (Å²) in [6.07, 6.45) is 6.23. The van der Waals surface area contributed by atoms with Crippen LogP contribution in [0.2, 0.25) is 0 Å². The van der Waals surface area contributed by atoms with Gasteiger partial charge in [-0.1, -0.05) is 31.0 Å². The molecular weight excluding hydrogens is 316 g/mol. The number of rotatable bonds is 3. The molecule has 4 rings (SSSR count). The van der Waals surface area contributed by atoms with E-state index in [9.17, 15) is 4.79 Å². The molecule has 2 atom stereocenters. The molecule has 2 unspecified atom stereocenters. The van der Waals surface area contributed by atoms with Crippen molar-refractivity contribution in [3.05, 3.63) is 54.2 Å². The van der Waals surface area contributed by atoms with Crippen LogP contribution in [0, 0.1) is 0 Å². The highest BCUT2D eigenvalue weighted by Gasteiger charge is 2.36.